The van der Waals surface area contributed by atoms with E-state index in [1.54, 1.807) is 12.1 Å². The van der Waals surface area contributed by atoms with Crippen molar-refractivity contribution >= 4 is 15.9 Å². The van der Waals surface area contributed by atoms with Gasteiger partial charge in [-0.1, -0.05) is 12.1 Å². The zero-order valence-corrected chi connectivity index (χ0v) is 17.9. The summed E-state index contributed by atoms with van der Waals surface area (Å²) in [6, 6.07) is 10.4. The highest BCUT2D eigenvalue weighted by atomic mass is 79.9. The Kier molecular flexibility index (Phi) is 8.13. The first-order valence-corrected chi connectivity index (χ1v) is 10.7. The number of hydrogen-bond donors (Lipinski definition) is 2. The van der Waals surface area contributed by atoms with Crippen LogP contribution in [0.5, 0.6) is 11.5 Å². The summed E-state index contributed by atoms with van der Waals surface area (Å²) in [7, 11) is 0. The molecule has 1 saturated heterocycles. The minimum Gasteiger partial charge on any atom is -0.490 e. The van der Waals surface area contributed by atoms with E-state index in [1.807, 2.05) is 13.0 Å². The SMILES string of the molecule is CCOc1cc(CNCC2CCNCC2)cc(Br)c1OCc1ccc(F)cc1. The predicted molar refractivity (Wildman–Crippen MR) is 113 cm³/mol. The van der Waals surface area contributed by atoms with Gasteiger partial charge in [-0.15, -0.1) is 0 Å². The fourth-order valence-electron chi connectivity index (χ4n) is 3.37. The lowest BCUT2D eigenvalue weighted by Gasteiger charge is -2.23. The Bertz CT molecular complexity index is 749. The third-order valence-electron chi connectivity index (χ3n) is 4.89. The fourth-order valence-corrected chi connectivity index (χ4v) is 3.97. The molecule has 152 valence electrons. The van der Waals surface area contributed by atoms with E-state index in [1.165, 1.54) is 25.0 Å². The van der Waals surface area contributed by atoms with Crippen LogP contribution in [0, 0.1) is 11.7 Å². The van der Waals surface area contributed by atoms with Crippen LogP contribution in [0.25, 0.3) is 0 Å². The lowest BCUT2D eigenvalue weighted by molar-refractivity contribution is 0.267. The molecule has 0 radical (unpaired) electrons. The second-order valence-corrected chi connectivity index (χ2v) is 7.93. The Labute approximate surface area is 174 Å². The molecule has 0 spiro atoms. The van der Waals surface area contributed by atoms with E-state index in [2.05, 4.69) is 32.6 Å². The molecule has 1 aliphatic heterocycles. The van der Waals surface area contributed by atoms with E-state index < -0.39 is 0 Å². The summed E-state index contributed by atoms with van der Waals surface area (Å²) in [5.74, 6) is 1.89. The highest BCUT2D eigenvalue weighted by Gasteiger charge is 2.15. The van der Waals surface area contributed by atoms with Crippen molar-refractivity contribution in [1.29, 1.82) is 0 Å². The van der Waals surface area contributed by atoms with E-state index in [4.69, 9.17) is 9.47 Å². The van der Waals surface area contributed by atoms with E-state index in [0.29, 0.717) is 19.0 Å². The summed E-state index contributed by atoms with van der Waals surface area (Å²) in [6.07, 6.45) is 2.47. The van der Waals surface area contributed by atoms with Crippen LogP contribution in [0.15, 0.2) is 40.9 Å². The van der Waals surface area contributed by atoms with Crippen molar-refractivity contribution in [3.05, 3.63) is 57.8 Å². The van der Waals surface area contributed by atoms with Crippen molar-refractivity contribution in [1.82, 2.24) is 10.6 Å². The van der Waals surface area contributed by atoms with Gasteiger partial charge >= 0.3 is 0 Å². The van der Waals surface area contributed by atoms with Crippen LogP contribution in [0.1, 0.15) is 30.9 Å². The maximum atomic E-state index is 13.1. The molecule has 0 bridgehead atoms. The average Bonchev–Trinajstić information content (AvgIpc) is 2.70. The number of hydrogen-bond acceptors (Lipinski definition) is 4. The van der Waals surface area contributed by atoms with Gasteiger partial charge in [0.2, 0.25) is 0 Å². The Morgan fingerprint density at radius 3 is 2.57 bits per heavy atom. The van der Waals surface area contributed by atoms with Gasteiger partial charge in [-0.2, -0.15) is 0 Å². The highest BCUT2D eigenvalue weighted by molar-refractivity contribution is 9.10. The molecule has 1 aliphatic rings. The Hall–Kier alpha value is -1.63. The summed E-state index contributed by atoms with van der Waals surface area (Å²) in [5.41, 5.74) is 2.06. The minimum absolute atomic E-state index is 0.249. The van der Waals surface area contributed by atoms with Crippen LogP contribution < -0.4 is 20.1 Å². The van der Waals surface area contributed by atoms with Crippen molar-refractivity contribution in [2.45, 2.75) is 32.9 Å². The number of ether oxygens (including phenoxy) is 2. The molecular weight excluding hydrogens is 423 g/mol. The molecule has 0 aliphatic carbocycles. The number of benzene rings is 2. The predicted octanol–water partition coefficient (Wildman–Crippen LogP) is 4.66. The molecule has 0 atom stereocenters. The zero-order chi connectivity index (χ0) is 19.8. The number of rotatable bonds is 9. The molecule has 2 aromatic rings. The van der Waals surface area contributed by atoms with Gasteiger partial charge in [0.05, 0.1) is 11.1 Å². The van der Waals surface area contributed by atoms with Crippen LogP contribution in [0.4, 0.5) is 4.39 Å². The number of nitrogens with one attached hydrogen (secondary N) is 2. The zero-order valence-electron chi connectivity index (χ0n) is 16.3. The molecule has 2 N–H and O–H groups in total. The molecule has 2 aromatic carbocycles. The van der Waals surface area contributed by atoms with Gasteiger partial charge in [-0.25, -0.2) is 4.39 Å². The Morgan fingerprint density at radius 1 is 1.11 bits per heavy atom. The maximum Gasteiger partial charge on any atom is 0.175 e. The van der Waals surface area contributed by atoms with Crippen molar-refractivity contribution in [3.63, 3.8) is 0 Å². The largest absolute Gasteiger partial charge is 0.490 e. The van der Waals surface area contributed by atoms with Gasteiger partial charge in [0.1, 0.15) is 12.4 Å². The van der Waals surface area contributed by atoms with Gasteiger partial charge < -0.3 is 20.1 Å². The number of piperidine rings is 1. The minimum atomic E-state index is -0.249. The Balaban J connectivity index is 1.62. The van der Waals surface area contributed by atoms with Crippen LogP contribution >= 0.6 is 15.9 Å². The first-order valence-electron chi connectivity index (χ1n) is 9.89. The van der Waals surface area contributed by atoms with E-state index in [9.17, 15) is 4.39 Å². The van der Waals surface area contributed by atoms with Crippen molar-refractivity contribution in [2.75, 3.05) is 26.2 Å². The van der Waals surface area contributed by atoms with E-state index in [0.717, 1.165) is 53.4 Å². The van der Waals surface area contributed by atoms with Crippen molar-refractivity contribution < 1.29 is 13.9 Å². The maximum absolute atomic E-state index is 13.1. The summed E-state index contributed by atoms with van der Waals surface area (Å²) >= 11 is 3.62. The standard InChI is InChI=1S/C22H28BrFN2O2/c1-2-27-21-12-18(14-26-13-16-7-9-25-10-8-16)11-20(23)22(21)28-15-17-3-5-19(24)6-4-17/h3-6,11-12,16,25-26H,2,7-10,13-15H2,1H3. The van der Waals surface area contributed by atoms with Crippen LogP contribution in [0.3, 0.4) is 0 Å². The smallest absolute Gasteiger partial charge is 0.175 e. The highest BCUT2D eigenvalue weighted by Crippen LogP contribution is 2.37. The van der Waals surface area contributed by atoms with Crippen LogP contribution in [0.2, 0.25) is 0 Å². The van der Waals surface area contributed by atoms with Gasteiger partial charge in [-0.3, -0.25) is 0 Å². The van der Waals surface area contributed by atoms with E-state index in [-0.39, 0.29) is 5.82 Å². The topological polar surface area (TPSA) is 42.5 Å². The van der Waals surface area contributed by atoms with Crippen LogP contribution in [-0.4, -0.2) is 26.2 Å². The summed E-state index contributed by atoms with van der Waals surface area (Å²) in [4.78, 5) is 0. The van der Waals surface area contributed by atoms with Gasteiger partial charge in [0.15, 0.2) is 11.5 Å². The van der Waals surface area contributed by atoms with Gasteiger partial charge in [-0.05, 0) is 96.6 Å². The molecular formula is C22H28BrFN2O2. The van der Waals surface area contributed by atoms with Gasteiger partial charge in [0.25, 0.3) is 0 Å². The first kappa shape index (κ1) is 21.1. The molecule has 28 heavy (non-hydrogen) atoms. The molecule has 3 rings (SSSR count). The molecule has 0 saturated carbocycles. The van der Waals surface area contributed by atoms with Crippen molar-refractivity contribution in [2.24, 2.45) is 5.92 Å². The quantitative estimate of drug-likeness (QED) is 0.583. The molecule has 1 heterocycles. The average molecular weight is 451 g/mol. The summed E-state index contributed by atoms with van der Waals surface area (Å²) in [6.45, 7) is 6.93. The van der Waals surface area contributed by atoms with Crippen molar-refractivity contribution in [3.8, 4) is 11.5 Å². The first-order chi connectivity index (χ1) is 13.7. The van der Waals surface area contributed by atoms with E-state index >= 15 is 0 Å². The van der Waals surface area contributed by atoms with Gasteiger partial charge in [0, 0.05) is 6.54 Å². The number of halogens is 2. The molecule has 0 amide bonds. The second kappa shape index (κ2) is 10.8. The normalized spacial score (nSPS) is 14.8. The fraction of sp³-hybridized carbons (Fsp3) is 0.455. The molecule has 0 aromatic heterocycles. The summed E-state index contributed by atoms with van der Waals surface area (Å²) in [5, 5.41) is 6.97. The van der Waals surface area contributed by atoms with Crippen LogP contribution in [-0.2, 0) is 13.2 Å². The Morgan fingerprint density at radius 2 is 1.86 bits per heavy atom. The monoisotopic (exact) mass is 450 g/mol. The summed E-state index contributed by atoms with van der Waals surface area (Å²) < 4.78 is 25.7. The molecule has 0 unspecified atom stereocenters. The molecule has 6 heteroatoms. The molecule has 1 fully saturated rings. The third-order valence-corrected chi connectivity index (χ3v) is 5.48. The second-order valence-electron chi connectivity index (χ2n) is 7.08. The lowest BCUT2D eigenvalue weighted by Crippen LogP contribution is -2.33. The molecule has 4 nitrogen and oxygen atoms in total. The lowest BCUT2D eigenvalue weighted by atomic mass is 9.98. The third kappa shape index (κ3) is 6.19.